The zero-order valence-corrected chi connectivity index (χ0v) is 17.1. The van der Waals surface area contributed by atoms with E-state index in [2.05, 4.69) is 31.4 Å². The molecule has 0 bridgehead atoms. The number of hydrogen-bond acceptors (Lipinski definition) is 4. The average molecular weight is 363 g/mol. The molecule has 0 spiro atoms. The van der Waals surface area contributed by atoms with Gasteiger partial charge in [-0.1, -0.05) is 39.0 Å². The molecule has 0 aromatic heterocycles. The van der Waals surface area contributed by atoms with Gasteiger partial charge in [0.2, 0.25) is 0 Å². The van der Waals surface area contributed by atoms with Crippen LogP contribution in [0.15, 0.2) is 18.2 Å². The van der Waals surface area contributed by atoms with E-state index in [0.717, 1.165) is 30.0 Å². The Morgan fingerprint density at radius 2 is 1.81 bits per heavy atom. The molecule has 1 unspecified atom stereocenters. The molecule has 1 atom stereocenters. The van der Waals surface area contributed by atoms with Crippen LogP contribution < -0.4 is 15.4 Å². The van der Waals surface area contributed by atoms with Crippen LogP contribution in [0.5, 0.6) is 5.75 Å². The first kappa shape index (κ1) is 20.7. The van der Waals surface area contributed by atoms with Gasteiger partial charge in [-0.3, -0.25) is 4.79 Å². The number of benzene rings is 1. The first-order chi connectivity index (χ1) is 12.2. The van der Waals surface area contributed by atoms with Crippen LogP contribution >= 0.6 is 0 Å². The van der Waals surface area contributed by atoms with Crippen LogP contribution in [0.3, 0.4) is 0 Å². The molecule has 2 N–H and O–H groups in total. The van der Waals surface area contributed by atoms with Gasteiger partial charge in [-0.2, -0.15) is 0 Å². The Labute approximate surface area is 157 Å². The second-order valence-corrected chi connectivity index (χ2v) is 8.37. The van der Waals surface area contributed by atoms with E-state index in [4.69, 9.17) is 9.47 Å². The van der Waals surface area contributed by atoms with Gasteiger partial charge in [0, 0.05) is 7.11 Å². The molecule has 26 heavy (non-hydrogen) atoms. The molecule has 5 nitrogen and oxygen atoms in total. The minimum atomic E-state index is -0.743. The lowest BCUT2D eigenvalue weighted by Crippen LogP contribution is -2.59. The smallest absolute Gasteiger partial charge is 0.252 e. The highest BCUT2D eigenvalue weighted by molar-refractivity contribution is 5.85. The number of carbonyl (C=O) groups excluding carboxylic acids is 1. The van der Waals surface area contributed by atoms with Crippen LogP contribution in [0.4, 0.5) is 0 Å². The Balaban J connectivity index is 2.11. The van der Waals surface area contributed by atoms with E-state index in [1.165, 1.54) is 0 Å². The summed E-state index contributed by atoms with van der Waals surface area (Å²) in [4.78, 5) is 13.0. The predicted octanol–water partition coefficient (Wildman–Crippen LogP) is 2.98. The van der Waals surface area contributed by atoms with Crippen LogP contribution in [0.2, 0.25) is 0 Å². The predicted molar refractivity (Wildman–Crippen MR) is 105 cm³/mol. The molecule has 0 aliphatic carbocycles. The highest BCUT2D eigenvalue weighted by Gasteiger charge is 2.42. The molecule has 1 heterocycles. The van der Waals surface area contributed by atoms with Gasteiger partial charge in [0.1, 0.15) is 18.0 Å². The molecule has 1 saturated heterocycles. The number of methoxy groups -OCH3 is 1. The standard InChI is InChI=1S/C21H34N2O3/c1-15-8-7-9-16(2)18(15)26-14-17(20(3,4)5)23-19(24)21(25-6)10-12-22-13-11-21/h7-9,17,22H,10-14H2,1-6H3,(H,23,24). The number of amides is 1. The molecule has 2 rings (SSSR count). The molecular formula is C21H34N2O3. The maximum absolute atomic E-state index is 13.0. The Hall–Kier alpha value is -1.59. The van der Waals surface area contributed by atoms with E-state index in [-0.39, 0.29) is 17.4 Å². The number of nitrogens with one attached hydrogen (secondary N) is 2. The summed E-state index contributed by atoms with van der Waals surface area (Å²) in [6.07, 6.45) is 1.37. The maximum atomic E-state index is 13.0. The van der Waals surface area contributed by atoms with E-state index in [9.17, 15) is 4.79 Å². The quantitative estimate of drug-likeness (QED) is 0.817. The zero-order valence-electron chi connectivity index (χ0n) is 17.1. The second kappa shape index (κ2) is 8.40. The molecule has 1 amide bonds. The third kappa shape index (κ3) is 4.77. The van der Waals surface area contributed by atoms with Crippen molar-refractivity contribution in [1.29, 1.82) is 0 Å². The Kier molecular flexibility index (Phi) is 6.69. The van der Waals surface area contributed by atoms with Crippen LogP contribution in [-0.4, -0.2) is 44.4 Å². The van der Waals surface area contributed by atoms with Crippen molar-refractivity contribution in [1.82, 2.24) is 10.6 Å². The number of aryl methyl sites for hydroxylation is 2. The Morgan fingerprint density at radius 3 is 2.31 bits per heavy atom. The third-order valence-corrected chi connectivity index (χ3v) is 5.37. The highest BCUT2D eigenvalue weighted by atomic mass is 16.5. The summed E-state index contributed by atoms with van der Waals surface area (Å²) in [6, 6.07) is 6.00. The summed E-state index contributed by atoms with van der Waals surface area (Å²) in [5, 5.41) is 6.50. The molecule has 1 fully saturated rings. The van der Waals surface area contributed by atoms with Gasteiger partial charge in [-0.15, -0.1) is 0 Å². The molecular weight excluding hydrogens is 328 g/mol. The number of carbonyl (C=O) groups is 1. The molecule has 0 radical (unpaired) electrons. The van der Waals surface area contributed by atoms with Crippen molar-refractivity contribution in [3.05, 3.63) is 29.3 Å². The Bertz CT molecular complexity index is 596. The normalized spacial score (nSPS) is 18.2. The molecule has 1 aromatic carbocycles. The largest absolute Gasteiger partial charge is 0.491 e. The fourth-order valence-corrected chi connectivity index (χ4v) is 3.35. The van der Waals surface area contributed by atoms with E-state index >= 15 is 0 Å². The molecule has 1 aliphatic heterocycles. The van der Waals surface area contributed by atoms with Crippen LogP contribution in [0, 0.1) is 19.3 Å². The minimum Gasteiger partial charge on any atom is -0.491 e. The SMILES string of the molecule is COC1(C(=O)NC(COc2c(C)cccc2C)C(C)(C)C)CCNCC1. The second-order valence-electron chi connectivity index (χ2n) is 8.37. The van der Waals surface area contributed by atoms with Gasteiger partial charge < -0.3 is 20.1 Å². The van der Waals surface area contributed by atoms with Crippen molar-refractivity contribution >= 4 is 5.91 Å². The fourth-order valence-electron chi connectivity index (χ4n) is 3.35. The first-order valence-corrected chi connectivity index (χ1v) is 9.45. The summed E-state index contributed by atoms with van der Waals surface area (Å²) in [5.41, 5.74) is 1.34. The van der Waals surface area contributed by atoms with E-state index in [1.807, 2.05) is 32.0 Å². The van der Waals surface area contributed by atoms with Crippen LogP contribution in [0.25, 0.3) is 0 Å². The fraction of sp³-hybridized carbons (Fsp3) is 0.667. The monoisotopic (exact) mass is 362 g/mol. The maximum Gasteiger partial charge on any atom is 0.252 e. The average Bonchev–Trinajstić information content (AvgIpc) is 2.59. The van der Waals surface area contributed by atoms with Gasteiger partial charge in [0.15, 0.2) is 0 Å². The number of piperidine rings is 1. The van der Waals surface area contributed by atoms with E-state index in [1.54, 1.807) is 7.11 Å². The van der Waals surface area contributed by atoms with Crippen molar-refractivity contribution in [3.8, 4) is 5.75 Å². The minimum absolute atomic E-state index is 0.0356. The Morgan fingerprint density at radius 1 is 1.23 bits per heavy atom. The van der Waals surface area contributed by atoms with E-state index in [0.29, 0.717) is 19.4 Å². The molecule has 1 aliphatic rings. The first-order valence-electron chi connectivity index (χ1n) is 9.45. The lowest BCUT2D eigenvalue weighted by Gasteiger charge is -2.38. The summed E-state index contributed by atoms with van der Waals surface area (Å²) in [7, 11) is 1.63. The molecule has 0 saturated carbocycles. The number of para-hydroxylation sites is 1. The lowest BCUT2D eigenvalue weighted by molar-refractivity contribution is -0.148. The van der Waals surface area contributed by atoms with Gasteiger partial charge in [-0.25, -0.2) is 0 Å². The van der Waals surface area contributed by atoms with Crippen molar-refractivity contribution < 1.29 is 14.3 Å². The third-order valence-electron chi connectivity index (χ3n) is 5.37. The molecule has 146 valence electrons. The number of hydrogen-bond donors (Lipinski definition) is 2. The van der Waals surface area contributed by atoms with Gasteiger partial charge in [0.25, 0.3) is 5.91 Å². The van der Waals surface area contributed by atoms with Crippen molar-refractivity contribution in [2.24, 2.45) is 5.41 Å². The van der Waals surface area contributed by atoms with Crippen molar-refractivity contribution in [2.75, 3.05) is 26.8 Å². The zero-order chi connectivity index (χ0) is 19.4. The summed E-state index contributed by atoms with van der Waals surface area (Å²) >= 11 is 0. The summed E-state index contributed by atoms with van der Waals surface area (Å²) < 4.78 is 11.8. The topological polar surface area (TPSA) is 59.6 Å². The number of rotatable bonds is 6. The van der Waals surface area contributed by atoms with Gasteiger partial charge in [-0.05, 0) is 56.3 Å². The number of ether oxygens (including phenoxy) is 2. The van der Waals surface area contributed by atoms with Gasteiger partial charge in [0.05, 0.1) is 6.04 Å². The van der Waals surface area contributed by atoms with Crippen LogP contribution in [-0.2, 0) is 9.53 Å². The van der Waals surface area contributed by atoms with Crippen molar-refractivity contribution in [2.45, 2.75) is 59.1 Å². The summed E-state index contributed by atoms with van der Waals surface area (Å²) in [6.45, 7) is 12.5. The van der Waals surface area contributed by atoms with Crippen LogP contribution in [0.1, 0.15) is 44.7 Å². The van der Waals surface area contributed by atoms with E-state index < -0.39 is 5.60 Å². The lowest BCUT2D eigenvalue weighted by atomic mass is 9.85. The molecule has 1 aromatic rings. The summed E-state index contributed by atoms with van der Waals surface area (Å²) in [5.74, 6) is 0.867. The highest BCUT2D eigenvalue weighted by Crippen LogP contribution is 2.27. The van der Waals surface area contributed by atoms with Gasteiger partial charge >= 0.3 is 0 Å². The van der Waals surface area contributed by atoms with Crippen molar-refractivity contribution in [3.63, 3.8) is 0 Å². The molecule has 5 heteroatoms.